The van der Waals surface area contributed by atoms with E-state index in [4.69, 9.17) is 5.73 Å². The zero-order chi connectivity index (χ0) is 14.9. The first kappa shape index (κ1) is 15.3. The third-order valence-electron chi connectivity index (χ3n) is 4.28. The molecule has 112 valence electrons. The third kappa shape index (κ3) is 3.32. The van der Waals surface area contributed by atoms with Gasteiger partial charge < -0.3 is 5.73 Å². The lowest BCUT2D eigenvalue weighted by Gasteiger charge is -2.34. The molecule has 1 aliphatic rings. The van der Waals surface area contributed by atoms with Crippen molar-refractivity contribution >= 4 is 0 Å². The molecule has 3 unspecified atom stereocenters. The Morgan fingerprint density at radius 2 is 1.95 bits per heavy atom. The molecule has 0 heterocycles. The Morgan fingerprint density at radius 1 is 1.25 bits per heavy atom. The van der Waals surface area contributed by atoms with Crippen LogP contribution in [0.5, 0.6) is 0 Å². The molecule has 3 atom stereocenters. The fraction of sp³-hybridized carbons (Fsp3) is 0.600. The van der Waals surface area contributed by atoms with E-state index in [0.717, 1.165) is 5.56 Å². The van der Waals surface area contributed by atoms with Gasteiger partial charge in [0.25, 0.3) is 0 Å². The highest BCUT2D eigenvalue weighted by Gasteiger charge is 2.43. The fourth-order valence-electron chi connectivity index (χ4n) is 3.12. The molecule has 0 spiro atoms. The first-order valence-corrected chi connectivity index (χ1v) is 6.87. The highest BCUT2D eigenvalue weighted by atomic mass is 19.4. The normalized spacial score (nSPS) is 25.5. The molecule has 0 amide bonds. The van der Waals surface area contributed by atoms with Gasteiger partial charge in [-0.05, 0) is 55.4 Å². The van der Waals surface area contributed by atoms with Gasteiger partial charge in [-0.15, -0.1) is 0 Å². The van der Waals surface area contributed by atoms with Gasteiger partial charge in [-0.1, -0.05) is 12.5 Å². The van der Waals surface area contributed by atoms with Gasteiger partial charge in [-0.2, -0.15) is 13.2 Å². The second kappa shape index (κ2) is 5.72. The van der Waals surface area contributed by atoms with Crippen LogP contribution in [0, 0.1) is 24.6 Å². The van der Waals surface area contributed by atoms with Crippen LogP contribution in [0.1, 0.15) is 42.9 Å². The maximum Gasteiger partial charge on any atom is 0.391 e. The minimum Gasteiger partial charge on any atom is -0.324 e. The van der Waals surface area contributed by atoms with Crippen LogP contribution >= 0.6 is 0 Å². The van der Waals surface area contributed by atoms with Gasteiger partial charge in [-0.25, -0.2) is 4.39 Å². The molecular weight excluding hydrogens is 270 g/mol. The minimum atomic E-state index is -4.14. The summed E-state index contributed by atoms with van der Waals surface area (Å²) in [7, 11) is 0. The molecule has 1 nitrogen and oxygen atoms in total. The van der Waals surface area contributed by atoms with Crippen LogP contribution in [0.4, 0.5) is 17.6 Å². The molecule has 0 bridgehead atoms. The highest BCUT2D eigenvalue weighted by Crippen LogP contribution is 2.43. The molecule has 2 rings (SSSR count). The molecule has 1 fully saturated rings. The summed E-state index contributed by atoms with van der Waals surface area (Å²) < 4.78 is 51.5. The number of rotatable bonds is 2. The molecule has 1 aliphatic carbocycles. The summed E-state index contributed by atoms with van der Waals surface area (Å²) in [6.07, 6.45) is -2.64. The zero-order valence-corrected chi connectivity index (χ0v) is 11.4. The third-order valence-corrected chi connectivity index (χ3v) is 4.28. The summed E-state index contributed by atoms with van der Waals surface area (Å²) in [6, 6.07) is 3.82. The summed E-state index contributed by atoms with van der Waals surface area (Å²) in [6.45, 7) is 1.74. The Kier molecular flexibility index (Phi) is 4.37. The molecule has 1 saturated carbocycles. The van der Waals surface area contributed by atoms with Gasteiger partial charge in [0, 0.05) is 6.04 Å². The molecular formula is C15H19F4N. The molecule has 2 N–H and O–H groups in total. The monoisotopic (exact) mass is 289 g/mol. The van der Waals surface area contributed by atoms with Gasteiger partial charge in [0.05, 0.1) is 5.92 Å². The Hall–Kier alpha value is -1.10. The summed E-state index contributed by atoms with van der Waals surface area (Å²) in [5.41, 5.74) is 7.59. The SMILES string of the molecule is Cc1cc(F)ccc1C(N)C1CCCC(C(F)(F)F)C1. The number of alkyl halides is 3. The van der Waals surface area contributed by atoms with Crippen LogP contribution < -0.4 is 5.73 Å². The van der Waals surface area contributed by atoms with Crippen molar-refractivity contribution in [2.24, 2.45) is 17.6 Å². The molecule has 5 heteroatoms. The van der Waals surface area contributed by atoms with Crippen molar-refractivity contribution in [3.8, 4) is 0 Å². The first-order chi connectivity index (χ1) is 9.29. The van der Waals surface area contributed by atoms with E-state index in [9.17, 15) is 17.6 Å². The molecule has 0 saturated heterocycles. The molecule has 0 aromatic heterocycles. The summed E-state index contributed by atoms with van der Waals surface area (Å²) in [4.78, 5) is 0. The van der Waals surface area contributed by atoms with Crippen molar-refractivity contribution < 1.29 is 17.6 Å². The molecule has 0 aliphatic heterocycles. The van der Waals surface area contributed by atoms with Crippen LogP contribution in [0.3, 0.4) is 0 Å². The van der Waals surface area contributed by atoms with E-state index in [2.05, 4.69) is 0 Å². The average Bonchev–Trinajstić information content (AvgIpc) is 2.37. The predicted molar refractivity (Wildman–Crippen MR) is 69.6 cm³/mol. The Labute approximate surface area is 116 Å². The predicted octanol–water partition coefficient (Wildman–Crippen LogP) is 4.50. The van der Waals surface area contributed by atoms with Gasteiger partial charge in [0.1, 0.15) is 5.82 Å². The van der Waals surface area contributed by atoms with Crippen molar-refractivity contribution in [3.05, 3.63) is 35.1 Å². The van der Waals surface area contributed by atoms with E-state index < -0.39 is 18.1 Å². The quantitative estimate of drug-likeness (QED) is 0.797. The Bertz CT molecular complexity index is 469. The van der Waals surface area contributed by atoms with Crippen LogP contribution in [-0.4, -0.2) is 6.18 Å². The van der Waals surface area contributed by atoms with E-state index in [1.165, 1.54) is 12.1 Å². The lowest BCUT2D eigenvalue weighted by molar-refractivity contribution is -0.186. The van der Waals surface area contributed by atoms with Crippen molar-refractivity contribution in [1.29, 1.82) is 0 Å². The maximum absolute atomic E-state index is 13.1. The molecule has 1 aromatic carbocycles. The van der Waals surface area contributed by atoms with Crippen molar-refractivity contribution in [2.45, 2.75) is 44.8 Å². The van der Waals surface area contributed by atoms with Crippen LogP contribution in [0.25, 0.3) is 0 Å². The summed E-state index contributed by atoms with van der Waals surface area (Å²) in [5.74, 6) is -1.80. The smallest absolute Gasteiger partial charge is 0.324 e. The van der Waals surface area contributed by atoms with E-state index in [1.807, 2.05) is 0 Å². The second-order valence-electron chi connectivity index (χ2n) is 5.69. The highest BCUT2D eigenvalue weighted by molar-refractivity contribution is 5.29. The number of nitrogens with two attached hydrogens (primary N) is 1. The lowest BCUT2D eigenvalue weighted by atomic mass is 9.75. The van der Waals surface area contributed by atoms with Crippen molar-refractivity contribution in [1.82, 2.24) is 0 Å². The first-order valence-electron chi connectivity index (χ1n) is 6.87. The number of benzene rings is 1. The van der Waals surface area contributed by atoms with Gasteiger partial charge in [-0.3, -0.25) is 0 Å². The van der Waals surface area contributed by atoms with Gasteiger partial charge in [0.2, 0.25) is 0 Å². The maximum atomic E-state index is 13.1. The van der Waals surface area contributed by atoms with E-state index in [1.54, 1.807) is 13.0 Å². The van der Waals surface area contributed by atoms with Crippen molar-refractivity contribution in [2.75, 3.05) is 0 Å². The van der Waals surface area contributed by atoms with E-state index in [-0.39, 0.29) is 24.6 Å². The standard InChI is InChI=1S/C15H19F4N/c1-9-7-12(16)5-6-13(9)14(20)10-3-2-4-11(8-10)15(17,18)19/h5-7,10-11,14H,2-4,8,20H2,1H3. The largest absolute Gasteiger partial charge is 0.391 e. The number of hydrogen-bond donors (Lipinski definition) is 1. The van der Waals surface area contributed by atoms with Crippen molar-refractivity contribution in [3.63, 3.8) is 0 Å². The van der Waals surface area contributed by atoms with Crippen LogP contribution in [0.2, 0.25) is 0 Å². The summed E-state index contributed by atoms with van der Waals surface area (Å²) >= 11 is 0. The minimum absolute atomic E-state index is 0.0709. The van der Waals surface area contributed by atoms with E-state index in [0.29, 0.717) is 18.4 Å². The van der Waals surface area contributed by atoms with E-state index >= 15 is 0 Å². The van der Waals surface area contributed by atoms with Gasteiger partial charge in [0.15, 0.2) is 0 Å². The lowest BCUT2D eigenvalue weighted by Crippen LogP contribution is -2.33. The second-order valence-corrected chi connectivity index (χ2v) is 5.69. The van der Waals surface area contributed by atoms with Gasteiger partial charge >= 0.3 is 6.18 Å². The topological polar surface area (TPSA) is 26.0 Å². The molecule has 20 heavy (non-hydrogen) atoms. The number of hydrogen-bond acceptors (Lipinski definition) is 1. The van der Waals surface area contributed by atoms with Crippen LogP contribution in [-0.2, 0) is 0 Å². The Balaban J connectivity index is 2.14. The number of halogens is 4. The van der Waals surface area contributed by atoms with Crippen LogP contribution in [0.15, 0.2) is 18.2 Å². The average molecular weight is 289 g/mol. The summed E-state index contributed by atoms with van der Waals surface area (Å²) in [5, 5.41) is 0. The number of aryl methyl sites for hydroxylation is 1. The zero-order valence-electron chi connectivity index (χ0n) is 11.4. The fourth-order valence-corrected chi connectivity index (χ4v) is 3.12. The molecule has 0 radical (unpaired) electrons. The molecule has 1 aromatic rings. The Morgan fingerprint density at radius 3 is 2.55 bits per heavy atom.